The van der Waals surface area contributed by atoms with Gasteiger partial charge in [0.1, 0.15) is 11.5 Å². The van der Waals surface area contributed by atoms with Gasteiger partial charge in [-0.15, -0.1) is 0 Å². The summed E-state index contributed by atoms with van der Waals surface area (Å²) in [5.41, 5.74) is 4.79. The normalized spacial score (nSPS) is 10.5. The molecule has 0 saturated carbocycles. The molecule has 0 fully saturated rings. The number of halogens is 1. The summed E-state index contributed by atoms with van der Waals surface area (Å²) in [5, 5.41) is 5.87. The Bertz CT molecular complexity index is 931. The Morgan fingerprint density at radius 1 is 1.00 bits per heavy atom. The van der Waals surface area contributed by atoms with E-state index in [-0.39, 0.29) is 23.4 Å². The van der Waals surface area contributed by atoms with Gasteiger partial charge in [-0.25, -0.2) is 14.4 Å². The standard InChI is InChI=1S/C20H19FN4O/c1-12-10-13(2)18(14(3)11-12)25-19(26)17-8-9-22-20(24-17)23-16-6-4-15(21)5-7-16/h4-11H,1-3H3,(H,25,26)(H,22,23,24). The van der Waals surface area contributed by atoms with Crippen LogP contribution in [-0.4, -0.2) is 15.9 Å². The van der Waals surface area contributed by atoms with Crippen LogP contribution in [0.4, 0.5) is 21.7 Å². The minimum Gasteiger partial charge on any atom is -0.324 e. The molecule has 6 heteroatoms. The van der Waals surface area contributed by atoms with Crippen molar-refractivity contribution in [2.45, 2.75) is 20.8 Å². The number of rotatable bonds is 4. The van der Waals surface area contributed by atoms with Gasteiger partial charge in [0.05, 0.1) is 0 Å². The molecule has 3 rings (SSSR count). The Hall–Kier alpha value is -3.28. The summed E-state index contributed by atoms with van der Waals surface area (Å²) in [7, 11) is 0. The third-order valence-electron chi connectivity index (χ3n) is 3.90. The number of carbonyl (C=O) groups excluding carboxylic acids is 1. The lowest BCUT2D eigenvalue weighted by Crippen LogP contribution is -2.16. The monoisotopic (exact) mass is 350 g/mol. The van der Waals surface area contributed by atoms with Crippen molar-refractivity contribution in [2.24, 2.45) is 0 Å². The highest BCUT2D eigenvalue weighted by molar-refractivity contribution is 6.03. The van der Waals surface area contributed by atoms with Crippen molar-refractivity contribution < 1.29 is 9.18 Å². The molecule has 26 heavy (non-hydrogen) atoms. The number of anilines is 3. The van der Waals surface area contributed by atoms with E-state index in [1.807, 2.05) is 32.9 Å². The lowest BCUT2D eigenvalue weighted by atomic mass is 10.1. The first-order valence-corrected chi connectivity index (χ1v) is 8.17. The molecule has 5 nitrogen and oxygen atoms in total. The topological polar surface area (TPSA) is 66.9 Å². The number of hydrogen-bond donors (Lipinski definition) is 2. The second-order valence-electron chi connectivity index (χ2n) is 6.13. The lowest BCUT2D eigenvalue weighted by Gasteiger charge is -2.13. The first-order chi connectivity index (χ1) is 12.4. The van der Waals surface area contributed by atoms with Gasteiger partial charge in [-0.3, -0.25) is 4.79 Å². The first kappa shape index (κ1) is 17.5. The van der Waals surface area contributed by atoms with Crippen LogP contribution in [0.15, 0.2) is 48.7 Å². The molecule has 0 bridgehead atoms. The van der Waals surface area contributed by atoms with Crippen LogP contribution in [0.2, 0.25) is 0 Å². The Morgan fingerprint density at radius 2 is 1.65 bits per heavy atom. The highest BCUT2D eigenvalue weighted by Gasteiger charge is 2.12. The molecule has 1 aromatic heterocycles. The van der Waals surface area contributed by atoms with Crippen LogP contribution in [0.1, 0.15) is 27.2 Å². The number of benzene rings is 2. The smallest absolute Gasteiger partial charge is 0.274 e. The van der Waals surface area contributed by atoms with Crippen molar-refractivity contribution in [2.75, 3.05) is 10.6 Å². The fourth-order valence-corrected chi connectivity index (χ4v) is 2.76. The maximum atomic E-state index is 13.0. The van der Waals surface area contributed by atoms with Gasteiger partial charge in [0.2, 0.25) is 5.95 Å². The number of aromatic nitrogens is 2. The van der Waals surface area contributed by atoms with Crippen LogP contribution >= 0.6 is 0 Å². The van der Waals surface area contributed by atoms with Crippen LogP contribution in [0, 0.1) is 26.6 Å². The number of nitrogens with zero attached hydrogens (tertiary/aromatic N) is 2. The molecule has 0 aliphatic rings. The van der Waals surface area contributed by atoms with E-state index >= 15 is 0 Å². The van der Waals surface area contributed by atoms with Crippen LogP contribution < -0.4 is 10.6 Å². The zero-order valence-corrected chi connectivity index (χ0v) is 14.8. The zero-order valence-electron chi connectivity index (χ0n) is 14.8. The van der Waals surface area contributed by atoms with Gasteiger partial charge in [-0.1, -0.05) is 17.7 Å². The zero-order chi connectivity index (χ0) is 18.7. The molecule has 132 valence electrons. The fraction of sp³-hybridized carbons (Fsp3) is 0.150. The maximum absolute atomic E-state index is 13.0. The van der Waals surface area contributed by atoms with Crippen molar-refractivity contribution in [3.05, 3.63) is 76.9 Å². The van der Waals surface area contributed by atoms with Crippen molar-refractivity contribution in [1.82, 2.24) is 9.97 Å². The summed E-state index contributed by atoms with van der Waals surface area (Å²) in [6.07, 6.45) is 1.50. The fourth-order valence-electron chi connectivity index (χ4n) is 2.76. The minimum absolute atomic E-state index is 0.240. The van der Waals surface area contributed by atoms with Gasteiger partial charge < -0.3 is 10.6 Å². The second kappa shape index (κ2) is 7.31. The Morgan fingerprint density at radius 3 is 2.31 bits per heavy atom. The van der Waals surface area contributed by atoms with E-state index in [9.17, 15) is 9.18 Å². The van der Waals surface area contributed by atoms with E-state index in [0.717, 1.165) is 22.4 Å². The SMILES string of the molecule is Cc1cc(C)c(NC(=O)c2ccnc(Nc3ccc(F)cc3)n2)c(C)c1. The summed E-state index contributed by atoms with van der Waals surface area (Å²) in [4.78, 5) is 20.9. The van der Waals surface area contributed by atoms with Gasteiger partial charge in [-0.05, 0) is 62.2 Å². The summed E-state index contributed by atoms with van der Waals surface area (Å²) >= 11 is 0. The number of carbonyl (C=O) groups is 1. The molecule has 1 heterocycles. The number of amides is 1. The van der Waals surface area contributed by atoms with Gasteiger partial charge in [-0.2, -0.15) is 0 Å². The maximum Gasteiger partial charge on any atom is 0.274 e. The van der Waals surface area contributed by atoms with E-state index in [1.54, 1.807) is 18.2 Å². The van der Waals surface area contributed by atoms with Crippen LogP contribution in [0.3, 0.4) is 0 Å². The third kappa shape index (κ3) is 4.03. The van der Waals surface area contributed by atoms with Crippen molar-refractivity contribution in [3.8, 4) is 0 Å². The molecule has 3 aromatic rings. The third-order valence-corrected chi connectivity index (χ3v) is 3.90. The van der Waals surface area contributed by atoms with Crippen molar-refractivity contribution in [1.29, 1.82) is 0 Å². The van der Waals surface area contributed by atoms with Gasteiger partial charge >= 0.3 is 0 Å². The molecule has 2 N–H and O–H groups in total. The largest absolute Gasteiger partial charge is 0.324 e. The number of aryl methyl sites for hydroxylation is 3. The van der Waals surface area contributed by atoms with Crippen LogP contribution in [0.25, 0.3) is 0 Å². The minimum atomic E-state index is -0.326. The molecule has 0 aliphatic carbocycles. The summed E-state index contributed by atoms with van der Waals surface area (Å²) in [6.45, 7) is 5.93. The van der Waals surface area contributed by atoms with Crippen molar-refractivity contribution in [3.63, 3.8) is 0 Å². The molecule has 1 amide bonds. The average Bonchev–Trinajstić information content (AvgIpc) is 2.60. The molecule has 0 unspecified atom stereocenters. The molecule has 0 aliphatic heterocycles. The van der Waals surface area contributed by atoms with Crippen molar-refractivity contribution >= 4 is 23.2 Å². The Labute approximate surface area is 151 Å². The second-order valence-corrected chi connectivity index (χ2v) is 6.13. The number of hydrogen-bond acceptors (Lipinski definition) is 4. The van der Waals surface area contributed by atoms with Gasteiger partial charge in [0.25, 0.3) is 5.91 Å². The number of nitrogens with one attached hydrogen (secondary N) is 2. The highest BCUT2D eigenvalue weighted by atomic mass is 19.1. The average molecular weight is 350 g/mol. The van der Waals surface area contributed by atoms with Crippen LogP contribution in [0.5, 0.6) is 0 Å². The molecular weight excluding hydrogens is 331 g/mol. The van der Waals surface area contributed by atoms with Crippen LogP contribution in [-0.2, 0) is 0 Å². The first-order valence-electron chi connectivity index (χ1n) is 8.17. The van der Waals surface area contributed by atoms with Gasteiger partial charge in [0, 0.05) is 17.6 Å². The molecular formula is C20H19FN4O. The molecule has 0 saturated heterocycles. The molecule has 2 aromatic carbocycles. The quantitative estimate of drug-likeness (QED) is 0.725. The predicted octanol–water partition coefficient (Wildman–Crippen LogP) is 4.54. The lowest BCUT2D eigenvalue weighted by molar-refractivity contribution is 0.102. The molecule has 0 radical (unpaired) electrons. The summed E-state index contributed by atoms with van der Waals surface area (Å²) in [6, 6.07) is 11.4. The van der Waals surface area contributed by atoms with E-state index in [0.29, 0.717) is 5.69 Å². The molecule has 0 atom stereocenters. The highest BCUT2D eigenvalue weighted by Crippen LogP contribution is 2.22. The Kier molecular flexibility index (Phi) is 4.93. The van der Waals surface area contributed by atoms with E-state index in [4.69, 9.17) is 0 Å². The Balaban J connectivity index is 1.79. The van der Waals surface area contributed by atoms with E-state index in [1.165, 1.54) is 18.3 Å². The molecule has 0 spiro atoms. The predicted molar refractivity (Wildman–Crippen MR) is 100 cm³/mol. The summed E-state index contributed by atoms with van der Waals surface area (Å²) in [5.74, 6) is -0.375. The van der Waals surface area contributed by atoms with E-state index in [2.05, 4.69) is 20.6 Å². The van der Waals surface area contributed by atoms with Gasteiger partial charge in [0.15, 0.2) is 0 Å². The summed E-state index contributed by atoms with van der Waals surface area (Å²) < 4.78 is 13.0. The van der Waals surface area contributed by atoms with E-state index < -0.39 is 0 Å².